The summed E-state index contributed by atoms with van der Waals surface area (Å²) in [6.45, 7) is 3.34. The fourth-order valence-electron chi connectivity index (χ4n) is 3.07. The highest BCUT2D eigenvalue weighted by Crippen LogP contribution is 2.30. The molecular formula is C17H23N4O+. The topological polar surface area (TPSA) is 62.8 Å². The molecular weight excluding hydrogens is 276 g/mol. The molecule has 0 amide bonds. The number of hydrogen-bond donors (Lipinski definition) is 1. The Hall–Kier alpha value is -1.97. The molecule has 5 heteroatoms. The first-order valence-corrected chi connectivity index (χ1v) is 8.11. The number of anilines is 1. The molecule has 2 fully saturated rings. The van der Waals surface area contributed by atoms with E-state index in [0.29, 0.717) is 0 Å². The molecule has 1 aromatic carbocycles. The van der Waals surface area contributed by atoms with E-state index in [1.807, 2.05) is 6.07 Å². The summed E-state index contributed by atoms with van der Waals surface area (Å²) in [4.78, 5) is 10.9. The fraction of sp³-hybridized carbons (Fsp3) is 0.529. The van der Waals surface area contributed by atoms with E-state index < -0.39 is 0 Å². The summed E-state index contributed by atoms with van der Waals surface area (Å²) < 4.78 is 5.44. The van der Waals surface area contributed by atoms with E-state index in [2.05, 4.69) is 27.9 Å². The smallest absolute Gasteiger partial charge is 0.362 e. The van der Waals surface area contributed by atoms with Crippen molar-refractivity contribution in [3.63, 3.8) is 0 Å². The maximum absolute atomic E-state index is 7.42. The first-order chi connectivity index (χ1) is 10.9. The molecule has 1 saturated heterocycles. The largest absolute Gasteiger partial charge is 0.378 e. The van der Waals surface area contributed by atoms with Gasteiger partial charge in [-0.25, -0.2) is 4.99 Å². The van der Waals surface area contributed by atoms with Crippen LogP contribution in [0.1, 0.15) is 32.1 Å². The van der Waals surface area contributed by atoms with Crippen LogP contribution >= 0.6 is 0 Å². The van der Waals surface area contributed by atoms with Gasteiger partial charge in [0.15, 0.2) is 0 Å². The molecule has 1 N–H and O–H groups in total. The summed E-state index contributed by atoms with van der Waals surface area (Å²) in [5, 5.41) is 0. The van der Waals surface area contributed by atoms with Gasteiger partial charge in [-0.3, -0.25) is 0 Å². The summed E-state index contributed by atoms with van der Waals surface area (Å²) in [6.07, 6.45) is 5.25. The standard InChI is InChI=1S/C17H23N4O/c18-20-15-7-3-1-2-6-14(15)19-16-8-4-5-9-17(16)21-10-12-22-13-11-21/h4-5,8-9,18H,1-3,6-7,10-13H2/q+1. The molecule has 0 bridgehead atoms. The molecule has 0 spiro atoms. The van der Waals surface area contributed by atoms with E-state index >= 15 is 0 Å². The van der Waals surface area contributed by atoms with Crippen molar-refractivity contribution in [1.29, 1.82) is 5.53 Å². The number of aliphatic imine (C=N–C) groups is 1. The molecule has 1 saturated carbocycles. The van der Waals surface area contributed by atoms with Crippen LogP contribution in [-0.2, 0) is 4.74 Å². The van der Waals surface area contributed by atoms with Crippen LogP contribution in [0.25, 0.3) is 0 Å². The van der Waals surface area contributed by atoms with E-state index in [4.69, 9.17) is 15.3 Å². The van der Waals surface area contributed by atoms with Crippen molar-refractivity contribution in [2.24, 2.45) is 4.99 Å². The van der Waals surface area contributed by atoms with Crippen molar-refractivity contribution in [3.05, 3.63) is 24.3 Å². The summed E-state index contributed by atoms with van der Waals surface area (Å²) in [5.74, 6) is 0. The fourth-order valence-corrected chi connectivity index (χ4v) is 3.07. The lowest BCUT2D eigenvalue weighted by Crippen LogP contribution is -2.36. The van der Waals surface area contributed by atoms with Gasteiger partial charge in [0.25, 0.3) is 0 Å². The molecule has 0 unspecified atom stereocenters. The SMILES string of the molecule is N=[N+]=C1CCCCCC1=Nc1ccccc1N1CCOCC1. The zero-order valence-electron chi connectivity index (χ0n) is 12.9. The van der Waals surface area contributed by atoms with Crippen LogP contribution in [0.2, 0.25) is 0 Å². The molecule has 2 aliphatic rings. The minimum Gasteiger partial charge on any atom is -0.378 e. The van der Waals surface area contributed by atoms with Crippen molar-refractivity contribution in [3.8, 4) is 0 Å². The van der Waals surface area contributed by atoms with Crippen molar-refractivity contribution in [1.82, 2.24) is 0 Å². The number of para-hydroxylation sites is 2. The lowest BCUT2D eigenvalue weighted by Gasteiger charge is -2.29. The summed E-state index contributed by atoms with van der Waals surface area (Å²) >= 11 is 0. The van der Waals surface area contributed by atoms with Gasteiger partial charge in [0.1, 0.15) is 5.71 Å². The molecule has 1 heterocycles. The Bertz CT molecular complexity index is 598. The maximum Gasteiger partial charge on any atom is 0.362 e. The third-order valence-electron chi connectivity index (χ3n) is 4.28. The molecule has 5 nitrogen and oxygen atoms in total. The molecule has 116 valence electrons. The minimum absolute atomic E-state index is 0.768. The van der Waals surface area contributed by atoms with Crippen LogP contribution in [0.4, 0.5) is 11.4 Å². The van der Waals surface area contributed by atoms with Gasteiger partial charge in [0.05, 0.1) is 41.3 Å². The zero-order chi connectivity index (χ0) is 15.2. The normalized spacial score (nSPS) is 21.5. The average Bonchev–Trinajstić information content (AvgIpc) is 2.81. The second-order valence-electron chi connectivity index (χ2n) is 5.77. The van der Waals surface area contributed by atoms with Crippen molar-refractivity contribution >= 4 is 22.8 Å². The lowest BCUT2D eigenvalue weighted by atomic mass is 10.1. The quantitative estimate of drug-likeness (QED) is 0.517. The van der Waals surface area contributed by atoms with Gasteiger partial charge in [-0.15, -0.1) is 0 Å². The van der Waals surface area contributed by atoms with E-state index in [-0.39, 0.29) is 0 Å². The predicted molar refractivity (Wildman–Crippen MR) is 87.6 cm³/mol. The van der Waals surface area contributed by atoms with Crippen LogP contribution in [0.5, 0.6) is 0 Å². The Kier molecular flexibility index (Phi) is 4.99. The Balaban J connectivity index is 1.93. The Morgan fingerprint density at radius 2 is 1.82 bits per heavy atom. The number of rotatable bonds is 2. The monoisotopic (exact) mass is 299 g/mol. The number of ether oxygens (including phenoxy) is 1. The molecule has 3 rings (SSSR count). The molecule has 1 aliphatic heterocycles. The Morgan fingerprint density at radius 1 is 1.05 bits per heavy atom. The predicted octanol–water partition coefficient (Wildman–Crippen LogP) is 3.24. The van der Waals surface area contributed by atoms with Crippen LogP contribution in [0.3, 0.4) is 0 Å². The molecule has 0 radical (unpaired) electrons. The molecule has 0 aromatic heterocycles. The third kappa shape index (κ3) is 3.43. The van der Waals surface area contributed by atoms with Crippen molar-refractivity contribution in [2.75, 3.05) is 31.2 Å². The highest BCUT2D eigenvalue weighted by Gasteiger charge is 2.23. The van der Waals surface area contributed by atoms with Crippen molar-refractivity contribution < 1.29 is 9.53 Å². The van der Waals surface area contributed by atoms with Crippen molar-refractivity contribution in [2.45, 2.75) is 32.1 Å². The van der Waals surface area contributed by atoms with Gasteiger partial charge in [-0.05, 0) is 31.4 Å². The van der Waals surface area contributed by atoms with Crippen LogP contribution in [0.15, 0.2) is 29.3 Å². The van der Waals surface area contributed by atoms with E-state index in [1.165, 1.54) is 6.42 Å². The molecule has 1 aliphatic carbocycles. The first kappa shape index (κ1) is 14.9. The number of nitrogens with zero attached hydrogens (tertiary/aromatic N) is 3. The van der Waals surface area contributed by atoms with Gasteiger partial charge < -0.3 is 9.64 Å². The van der Waals surface area contributed by atoms with E-state index in [0.717, 1.165) is 74.8 Å². The minimum atomic E-state index is 0.768. The number of nitrogens with one attached hydrogen (secondary N) is 1. The molecule has 1 aromatic rings. The highest BCUT2D eigenvalue weighted by molar-refractivity contribution is 6.40. The maximum atomic E-state index is 7.42. The van der Waals surface area contributed by atoms with Gasteiger partial charge in [0, 0.05) is 13.1 Å². The Morgan fingerprint density at radius 3 is 2.64 bits per heavy atom. The highest BCUT2D eigenvalue weighted by atomic mass is 16.5. The van der Waals surface area contributed by atoms with E-state index in [9.17, 15) is 0 Å². The third-order valence-corrected chi connectivity index (χ3v) is 4.28. The van der Waals surface area contributed by atoms with Crippen LogP contribution < -0.4 is 4.90 Å². The molecule has 22 heavy (non-hydrogen) atoms. The van der Waals surface area contributed by atoms with E-state index in [1.54, 1.807) is 0 Å². The number of benzene rings is 1. The summed E-state index contributed by atoms with van der Waals surface area (Å²) in [5.41, 5.74) is 11.4. The average molecular weight is 299 g/mol. The summed E-state index contributed by atoms with van der Waals surface area (Å²) in [6, 6.07) is 8.27. The van der Waals surface area contributed by atoms with Gasteiger partial charge in [-0.2, -0.15) is 0 Å². The summed E-state index contributed by atoms with van der Waals surface area (Å²) in [7, 11) is 0. The zero-order valence-corrected chi connectivity index (χ0v) is 12.9. The van der Waals surface area contributed by atoms with Gasteiger partial charge in [0.2, 0.25) is 0 Å². The second-order valence-corrected chi connectivity index (χ2v) is 5.77. The number of morpholine rings is 1. The van der Waals surface area contributed by atoms with Crippen LogP contribution in [-0.4, -0.2) is 42.5 Å². The lowest BCUT2D eigenvalue weighted by molar-refractivity contribution is -0.118. The van der Waals surface area contributed by atoms with Gasteiger partial charge in [-0.1, -0.05) is 18.6 Å². The Labute approximate surface area is 131 Å². The second kappa shape index (κ2) is 7.34. The van der Waals surface area contributed by atoms with Crippen LogP contribution in [0, 0.1) is 5.53 Å². The number of hydrogen-bond acceptors (Lipinski definition) is 4. The first-order valence-electron chi connectivity index (χ1n) is 8.11. The van der Waals surface area contributed by atoms with Gasteiger partial charge >= 0.3 is 5.71 Å². The molecule has 0 atom stereocenters.